The molecule has 1 aliphatic heterocycles. The summed E-state index contributed by atoms with van der Waals surface area (Å²) >= 11 is 0. The van der Waals surface area contributed by atoms with Crippen LogP contribution in [0.3, 0.4) is 0 Å². The van der Waals surface area contributed by atoms with Crippen LogP contribution in [-0.4, -0.2) is 47.5 Å². The maximum Gasteiger partial charge on any atom is 0.338 e. The molecule has 1 atom stereocenters. The van der Waals surface area contributed by atoms with Gasteiger partial charge in [0, 0.05) is 29.2 Å². The number of nitrogens with one attached hydrogen (secondary N) is 1. The Labute approximate surface area is 214 Å². The lowest BCUT2D eigenvalue weighted by molar-refractivity contribution is -0.117. The van der Waals surface area contributed by atoms with E-state index in [1.807, 2.05) is 60.1 Å². The molecule has 0 saturated heterocycles. The summed E-state index contributed by atoms with van der Waals surface area (Å²) in [5.41, 5.74) is 4.24. The molecule has 2 heterocycles. The lowest BCUT2D eigenvalue weighted by Crippen LogP contribution is -2.37. The monoisotopic (exact) mass is 497 g/mol. The molecule has 188 valence electrons. The summed E-state index contributed by atoms with van der Waals surface area (Å²) in [6.45, 7) is 1.89. The highest BCUT2D eigenvalue weighted by molar-refractivity contribution is 6.08. The van der Waals surface area contributed by atoms with Crippen LogP contribution >= 0.6 is 0 Å². The average Bonchev–Trinajstić information content (AvgIpc) is 3.36. The predicted molar refractivity (Wildman–Crippen MR) is 140 cm³/mol. The number of benzene rings is 3. The summed E-state index contributed by atoms with van der Waals surface area (Å²) in [4.78, 5) is 40.3. The Balaban J connectivity index is 1.45. The van der Waals surface area contributed by atoms with Crippen LogP contribution in [-0.2, 0) is 16.6 Å². The van der Waals surface area contributed by atoms with E-state index in [1.54, 1.807) is 43.2 Å². The molecule has 0 unspecified atom stereocenters. The van der Waals surface area contributed by atoms with Crippen molar-refractivity contribution < 1.29 is 23.9 Å². The van der Waals surface area contributed by atoms with Crippen LogP contribution in [0.1, 0.15) is 44.9 Å². The van der Waals surface area contributed by atoms with Gasteiger partial charge in [-0.2, -0.15) is 0 Å². The second-order valence-electron chi connectivity index (χ2n) is 8.79. The molecule has 5 rings (SSSR count). The van der Waals surface area contributed by atoms with Gasteiger partial charge in [-0.3, -0.25) is 9.59 Å². The molecule has 0 bridgehead atoms. The summed E-state index contributed by atoms with van der Waals surface area (Å²) in [5, 5.41) is 3.82. The van der Waals surface area contributed by atoms with Crippen LogP contribution in [0.15, 0.2) is 72.8 Å². The third-order valence-electron chi connectivity index (χ3n) is 6.62. The topological polar surface area (TPSA) is 89.9 Å². The number of nitrogens with zero attached hydrogens (tertiary/aromatic N) is 2. The number of aromatic nitrogens is 1. The first kappa shape index (κ1) is 24.1. The molecular weight excluding hydrogens is 470 g/mol. The average molecular weight is 498 g/mol. The number of amides is 2. The van der Waals surface area contributed by atoms with Gasteiger partial charge in [0.25, 0.3) is 5.91 Å². The zero-order valence-corrected chi connectivity index (χ0v) is 20.9. The van der Waals surface area contributed by atoms with Gasteiger partial charge in [-0.25, -0.2) is 4.79 Å². The van der Waals surface area contributed by atoms with Crippen LogP contribution in [0.25, 0.3) is 10.9 Å². The summed E-state index contributed by atoms with van der Waals surface area (Å²) < 4.78 is 12.2. The SMILES string of the molecule is CCOC(=O)c1ccc(NC(=O)CN2C(=O)c3c(c4ccccc4n3C)[C@H]2c2ccc(OC)cc2)cc1. The zero-order valence-electron chi connectivity index (χ0n) is 20.9. The van der Waals surface area contributed by atoms with Crippen molar-refractivity contribution in [1.82, 2.24) is 9.47 Å². The van der Waals surface area contributed by atoms with E-state index in [0.29, 0.717) is 22.7 Å². The predicted octanol–water partition coefficient (Wildman–Crippen LogP) is 4.55. The summed E-state index contributed by atoms with van der Waals surface area (Å²) in [6, 6.07) is 21.5. The highest BCUT2D eigenvalue weighted by Crippen LogP contribution is 2.44. The molecule has 1 aromatic heterocycles. The fourth-order valence-corrected chi connectivity index (χ4v) is 4.92. The van der Waals surface area contributed by atoms with Crippen molar-refractivity contribution >= 4 is 34.4 Å². The van der Waals surface area contributed by atoms with Crippen molar-refractivity contribution in [3.63, 3.8) is 0 Å². The highest BCUT2D eigenvalue weighted by Gasteiger charge is 2.42. The molecular formula is C29H27N3O5. The van der Waals surface area contributed by atoms with Crippen molar-refractivity contribution in [3.8, 4) is 5.75 Å². The maximum absolute atomic E-state index is 13.7. The minimum Gasteiger partial charge on any atom is -0.497 e. The Hall–Kier alpha value is -4.59. The first-order valence-electron chi connectivity index (χ1n) is 12.0. The number of rotatable bonds is 7. The fraction of sp³-hybridized carbons (Fsp3) is 0.207. The minimum absolute atomic E-state index is 0.141. The normalized spacial score (nSPS) is 14.5. The minimum atomic E-state index is -0.434. The Morgan fingerprint density at radius 1 is 0.973 bits per heavy atom. The molecule has 2 amide bonds. The van der Waals surface area contributed by atoms with Crippen molar-refractivity contribution in [2.45, 2.75) is 13.0 Å². The number of carbonyl (C=O) groups is 3. The number of methoxy groups -OCH3 is 1. The van der Waals surface area contributed by atoms with Crippen LogP contribution in [0.4, 0.5) is 5.69 Å². The van der Waals surface area contributed by atoms with Crippen LogP contribution in [0.2, 0.25) is 0 Å². The number of hydrogen-bond donors (Lipinski definition) is 1. The summed E-state index contributed by atoms with van der Waals surface area (Å²) in [6.07, 6.45) is 0. The molecule has 8 nitrogen and oxygen atoms in total. The zero-order chi connectivity index (χ0) is 26.1. The van der Waals surface area contributed by atoms with Gasteiger partial charge in [-0.05, 0) is 55.0 Å². The summed E-state index contributed by atoms with van der Waals surface area (Å²) in [7, 11) is 3.48. The van der Waals surface area contributed by atoms with E-state index in [-0.39, 0.29) is 25.0 Å². The lowest BCUT2D eigenvalue weighted by Gasteiger charge is -2.26. The van der Waals surface area contributed by atoms with Crippen molar-refractivity contribution in [2.24, 2.45) is 7.05 Å². The molecule has 0 fully saturated rings. The number of esters is 1. The molecule has 8 heteroatoms. The van der Waals surface area contributed by atoms with Crippen LogP contribution < -0.4 is 10.1 Å². The third kappa shape index (κ3) is 4.31. The van der Waals surface area contributed by atoms with E-state index in [2.05, 4.69) is 5.32 Å². The molecule has 1 N–H and O–H groups in total. The largest absolute Gasteiger partial charge is 0.497 e. The molecule has 0 saturated carbocycles. The van der Waals surface area contributed by atoms with Crippen molar-refractivity contribution in [1.29, 1.82) is 0 Å². The number of hydrogen-bond acceptors (Lipinski definition) is 5. The molecule has 0 radical (unpaired) electrons. The second kappa shape index (κ2) is 9.81. The highest BCUT2D eigenvalue weighted by atomic mass is 16.5. The molecule has 4 aromatic rings. The number of anilines is 1. The van der Waals surface area contributed by atoms with E-state index in [4.69, 9.17) is 9.47 Å². The number of para-hydroxylation sites is 1. The van der Waals surface area contributed by atoms with E-state index in [1.165, 1.54) is 0 Å². The first-order valence-corrected chi connectivity index (χ1v) is 12.0. The van der Waals surface area contributed by atoms with E-state index in [0.717, 1.165) is 22.0 Å². The van der Waals surface area contributed by atoms with Crippen molar-refractivity contribution in [2.75, 3.05) is 25.6 Å². The second-order valence-corrected chi connectivity index (χ2v) is 8.79. The fourth-order valence-electron chi connectivity index (χ4n) is 4.92. The number of fused-ring (bicyclic) bond motifs is 3. The number of aryl methyl sites for hydroxylation is 1. The lowest BCUT2D eigenvalue weighted by atomic mass is 9.98. The third-order valence-corrected chi connectivity index (χ3v) is 6.62. The maximum atomic E-state index is 13.7. The van der Waals surface area contributed by atoms with Gasteiger partial charge in [0.05, 0.1) is 25.3 Å². The molecule has 1 aliphatic rings. The molecule has 3 aromatic carbocycles. The van der Waals surface area contributed by atoms with Gasteiger partial charge in [0.15, 0.2) is 0 Å². The van der Waals surface area contributed by atoms with Gasteiger partial charge < -0.3 is 24.3 Å². The van der Waals surface area contributed by atoms with Gasteiger partial charge in [-0.15, -0.1) is 0 Å². The standard InChI is InChI=1S/C29H27N3O5/c1-4-37-29(35)19-9-13-20(14-10-19)30-24(33)17-32-26(18-11-15-21(36-3)16-12-18)25-22-7-5-6-8-23(22)31(2)27(25)28(32)34/h5-16,26H,4,17H2,1-3H3,(H,30,33)/t26-/m1/s1. The molecule has 37 heavy (non-hydrogen) atoms. The van der Waals surface area contributed by atoms with Gasteiger partial charge in [-0.1, -0.05) is 30.3 Å². The van der Waals surface area contributed by atoms with E-state index in [9.17, 15) is 14.4 Å². The van der Waals surface area contributed by atoms with Crippen LogP contribution in [0, 0.1) is 0 Å². The van der Waals surface area contributed by atoms with Crippen LogP contribution in [0.5, 0.6) is 5.75 Å². The summed E-state index contributed by atoms with van der Waals surface area (Å²) in [5.74, 6) is -0.257. The van der Waals surface area contributed by atoms with Gasteiger partial charge in [0.1, 0.15) is 18.0 Å². The number of ether oxygens (including phenoxy) is 2. The Kier molecular flexibility index (Phi) is 6.40. The Morgan fingerprint density at radius 3 is 2.35 bits per heavy atom. The molecule has 0 aliphatic carbocycles. The Bertz CT molecular complexity index is 1490. The van der Waals surface area contributed by atoms with Gasteiger partial charge >= 0.3 is 5.97 Å². The van der Waals surface area contributed by atoms with Crippen molar-refractivity contribution in [3.05, 3.63) is 95.2 Å². The quantitative estimate of drug-likeness (QED) is 0.379. The van der Waals surface area contributed by atoms with E-state index < -0.39 is 12.0 Å². The first-order chi connectivity index (χ1) is 17.9. The smallest absolute Gasteiger partial charge is 0.338 e. The number of carbonyl (C=O) groups excluding carboxylic acids is 3. The van der Waals surface area contributed by atoms with Gasteiger partial charge in [0.2, 0.25) is 5.91 Å². The molecule has 0 spiro atoms. The Morgan fingerprint density at radius 2 is 1.68 bits per heavy atom. The van der Waals surface area contributed by atoms with E-state index >= 15 is 0 Å².